The number of benzene rings is 1. The van der Waals surface area contributed by atoms with Gasteiger partial charge in [-0.1, -0.05) is 6.92 Å². The van der Waals surface area contributed by atoms with Crippen LogP contribution < -0.4 is 5.32 Å². The van der Waals surface area contributed by atoms with Gasteiger partial charge in [0, 0.05) is 24.4 Å². The summed E-state index contributed by atoms with van der Waals surface area (Å²) in [5, 5.41) is 3.09. The van der Waals surface area contributed by atoms with Crippen LogP contribution in [-0.2, 0) is 32.3 Å². The van der Waals surface area contributed by atoms with Crippen molar-refractivity contribution in [3.63, 3.8) is 0 Å². The number of nitrogens with zero attached hydrogens (tertiary/aromatic N) is 1. The molecule has 0 atom stereocenters. The summed E-state index contributed by atoms with van der Waals surface area (Å²) in [5.74, 6) is -1.99. The number of carbonyl (C=O) groups excluding carboxylic acids is 2. The molecule has 0 unspecified atom stereocenters. The van der Waals surface area contributed by atoms with Gasteiger partial charge in [-0.15, -0.1) is 11.3 Å². The average Bonchev–Trinajstić information content (AvgIpc) is 3.09. The first kappa shape index (κ1) is 23.4. The zero-order valence-electron chi connectivity index (χ0n) is 17.4. The monoisotopic (exact) mass is 468 g/mol. The summed E-state index contributed by atoms with van der Waals surface area (Å²) in [6.07, 6.45) is 1.42. The van der Waals surface area contributed by atoms with E-state index in [9.17, 15) is 22.4 Å². The third kappa shape index (κ3) is 5.50. The number of carbonyl (C=O) groups is 2. The molecule has 2 aromatic rings. The molecule has 1 aromatic heterocycles. The minimum absolute atomic E-state index is 0.0421. The van der Waals surface area contributed by atoms with E-state index in [0.29, 0.717) is 23.5 Å². The molecule has 2 heterocycles. The summed E-state index contributed by atoms with van der Waals surface area (Å²) < 4.78 is 42.7. The van der Waals surface area contributed by atoms with Crippen LogP contribution in [0.15, 0.2) is 29.2 Å². The maximum Gasteiger partial charge on any atom is 0.341 e. The summed E-state index contributed by atoms with van der Waals surface area (Å²) >= 11 is 1.33. The predicted molar refractivity (Wildman–Crippen MR) is 117 cm³/mol. The molecule has 0 fully saturated rings. The molecule has 31 heavy (non-hydrogen) atoms. The van der Waals surface area contributed by atoms with Crippen LogP contribution in [0.25, 0.3) is 0 Å². The smallest absolute Gasteiger partial charge is 0.341 e. The number of halogens is 1. The molecule has 7 nitrogen and oxygen atoms in total. The third-order valence-corrected chi connectivity index (χ3v) is 7.95. The minimum atomic E-state index is -3.73. The molecule has 0 aliphatic carbocycles. The van der Waals surface area contributed by atoms with Crippen molar-refractivity contribution in [2.24, 2.45) is 0 Å². The van der Waals surface area contributed by atoms with Crippen molar-refractivity contribution in [2.75, 3.05) is 31.3 Å². The SMILES string of the molecule is CCCN1CCc2c(sc(NC(=O)CCS(=O)(=O)c3ccc(F)cc3)c2C(=O)OC)C1. The van der Waals surface area contributed by atoms with Crippen LogP contribution >= 0.6 is 11.3 Å². The van der Waals surface area contributed by atoms with Gasteiger partial charge in [-0.25, -0.2) is 17.6 Å². The summed E-state index contributed by atoms with van der Waals surface area (Å²) in [6.45, 7) is 4.58. The van der Waals surface area contributed by atoms with E-state index in [-0.39, 0.29) is 11.3 Å². The van der Waals surface area contributed by atoms with E-state index in [1.807, 2.05) is 0 Å². The first-order valence-corrected chi connectivity index (χ1v) is 12.5. The van der Waals surface area contributed by atoms with E-state index in [1.54, 1.807) is 0 Å². The number of esters is 1. The molecule has 10 heteroatoms. The van der Waals surface area contributed by atoms with Crippen molar-refractivity contribution in [2.45, 2.75) is 37.6 Å². The summed E-state index contributed by atoms with van der Waals surface area (Å²) in [6, 6.07) is 4.47. The first-order valence-electron chi connectivity index (χ1n) is 9.98. The Kier molecular flexibility index (Phi) is 7.45. The van der Waals surface area contributed by atoms with Gasteiger partial charge in [0.15, 0.2) is 9.84 Å². The number of thiophene rings is 1. The number of nitrogens with one attached hydrogen (secondary N) is 1. The lowest BCUT2D eigenvalue weighted by Crippen LogP contribution is -2.30. The van der Waals surface area contributed by atoms with Gasteiger partial charge in [0.05, 0.1) is 23.3 Å². The number of hydrogen-bond acceptors (Lipinski definition) is 7. The number of sulfone groups is 1. The fourth-order valence-electron chi connectivity index (χ4n) is 3.55. The highest BCUT2D eigenvalue weighted by atomic mass is 32.2. The lowest BCUT2D eigenvalue weighted by Gasteiger charge is -2.26. The first-order chi connectivity index (χ1) is 14.7. The molecule has 3 rings (SSSR count). The van der Waals surface area contributed by atoms with E-state index < -0.39 is 33.3 Å². The van der Waals surface area contributed by atoms with Crippen LogP contribution in [0.3, 0.4) is 0 Å². The number of hydrogen-bond donors (Lipinski definition) is 1. The number of rotatable bonds is 8. The maximum atomic E-state index is 13.0. The molecule has 0 saturated heterocycles. The minimum Gasteiger partial charge on any atom is -0.465 e. The topological polar surface area (TPSA) is 92.8 Å². The van der Waals surface area contributed by atoms with Gasteiger partial charge >= 0.3 is 5.97 Å². The molecular weight excluding hydrogens is 443 g/mol. The zero-order valence-corrected chi connectivity index (χ0v) is 19.1. The number of anilines is 1. The van der Waals surface area contributed by atoms with Crippen LogP contribution in [0.2, 0.25) is 0 Å². The molecule has 168 valence electrons. The molecule has 0 saturated carbocycles. The van der Waals surface area contributed by atoms with Gasteiger partial charge in [-0.2, -0.15) is 0 Å². The van der Waals surface area contributed by atoms with Gasteiger partial charge in [0.1, 0.15) is 10.8 Å². The molecule has 0 radical (unpaired) electrons. The van der Waals surface area contributed by atoms with Crippen molar-refractivity contribution < 1.29 is 27.1 Å². The van der Waals surface area contributed by atoms with E-state index in [2.05, 4.69) is 17.1 Å². The molecule has 1 N–H and O–H groups in total. The molecule has 1 aromatic carbocycles. The Balaban J connectivity index is 1.73. The Morgan fingerprint density at radius 1 is 1.26 bits per heavy atom. The Morgan fingerprint density at radius 3 is 2.61 bits per heavy atom. The molecule has 1 aliphatic rings. The largest absolute Gasteiger partial charge is 0.465 e. The standard InChI is InChI=1S/C21H25FN2O5S2/c1-3-10-24-11-8-16-17(13-24)30-20(19(16)21(26)29-2)23-18(25)9-12-31(27,28)15-6-4-14(22)5-7-15/h4-7H,3,8-13H2,1-2H3,(H,23,25). The van der Waals surface area contributed by atoms with Gasteiger partial charge in [-0.3, -0.25) is 9.69 Å². The van der Waals surface area contributed by atoms with Crippen molar-refractivity contribution in [3.8, 4) is 0 Å². The van der Waals surface area contributed by atoms with Crippen molar-refractivity contribution >= 4 is 38.1 Å². The Labute approximate surface area is 185 Å². The fraction of sp³-hybridized carbons (Fsp3) is 0.429. The normalized spacial score (nSPS) is 14.2. The lowest BCUT2D eigenvalue weighted by atomic mass is 10.0. The van der Waals surface area contributed by atoms with Gasteiger partial charge < -0.3 is 10.1 Å². The summed E-state index contributed by atoms with van der Waals surface area (Å²) in [5.41, 5.74) is 1.24. The van der Waals surface area contributed by atoms with E-state index in [4.69, 9.17) is 4.74 Å². The van der Waals surface area contributed by atoms with Crippen LogP contribution in [0.1, 0.15) is 40.6 Å². The lowest BCUT2D eigenvalue weighted by molar-refractivity contribution is -0.115. The zero-order chi connectivity index (χ0) is 22.6. The average molecular weight is 469 g/mol. The van der Waals surface area contributed by atoms with E-state index in [0.717, 1.165) is 42.1 Å². The highest BCUT2D eigenvalue weighted by Crippen LogP contribution is 2.37. The van der Waals surface area contributed by atoms with Crippen LogP contribution in [0.5, 0.6) is 0 Å². The molecule has 0 spiro atoms. The Bertz CT molecular complexity index is 1060. The number of amides is 1. The van der Waals surface area contributed by atoms with Crippen molar-refractivity contribution in [1.29, 1.82) is 0 Å². The third-order valence-electron chi connectivity index (χ3n) is 5.09. The van der Waals surface area contributed by atoms with Crippen LogP contribution in [-0.4, -0.2) is 51.1 Å². The van der Waals surface area contributed by atoms with Crippen LogP contribution in [0.4, 0.5) is 9.39 Å². The second-order valence-electron chi connectivity index (χ2n) is 7.30. The highest BCUT2D eigenvalue weighted by molar-refractivity contribution is 7.91. The number of fused-ring (bicyclic) bond motifs is 1. The Hall–Kier alpha value is -2.30. The van der Waals surface area contributed by atoms with Crippen molar-refractivity contribution in [1.82, 2.24) is 4.90 Å². The summed E-state index contributed by atoms with van der Waals surface area (Å²) in [4.78, 5) is 28.1. The predicted octanol–water partition coefficient (Wildman–Crippen LogP) is 3.24. The van der Waals surface area contributed by atoms with E-state index in [1.165, 1.54) is 30.6 Å². The molecule has 1 amide bonds. The molecule has 0 bridgehead atoms. The molecular formula is C21H25FN2O5S2. The van der Waals surface area contributed by atoms with E-state index >= 15 is 0 Å². The maximum absolute atomic E-state index is 13.0. The van der Waals surface area contributed by atoms with Gasteiger partial charge in [-0.05, 0) is 49.2 Å². The summed E-state index contributed by atoms with van der Waals surface area (Å²) in [7, 11) is -2.44. The van der Waals surface area contributed by atoms with Gasteiger partial charge in [0.2, 0.25) is 5.91 Å². The van der Waals surface area contributed by atoms with Gasteiger partial charge in [0.25, 0.3) is 0 Å². The second kappa shape index (κ2) is 9.88. The second-order valence-corrected chi connectivity index (χ2v) is 10.5. The Morgan fingerprint density at radius 2 is 1.97 bits per heavy atom. The number of methoxy groups -OCH3 is 1. The quantitative estimate of drug-likeness (QED) is 0.472. The number of ether oxygens (including phenoxy) is 1. The molecule has 1 aliphatic heterocycles. The van der Waals surface area contributed by atoms with Crippen LogP contribution in [0, 0.1) is 5.82 Å². The fourth-order valence-corrected chi connectivity index (χ4v) is 6.08. The van der Waals surface area contributed by atoms with Crippen molar-refractivity contribution in [3.05, 3.63) is 46.1 Å². The highest BCUT2D eigenvalue weighted by Gasteiger charge is 2.29.